The molecule has 1 heterocycles. The second-order valence-corrected chi connectivity index (χ2v) is 7.73. The molecule has 7 nitrogen and oxygen atoms in total. The molecule has 0 aromatic heterocycles. The predicted molar refractivity (Wildman–Crippen MR) is 130 cm³/mol. The van der Waals surface area contributed by atoms with E-state index in [4.69, 9.17) is 9.47 Å². The Morgan fingerprint density at radius 2 is 1.44 bits per heavy atom. The molecule has 0 radical (unpaired) electrons. The van der Waals surface area contributed by atoms with E-state index in [9.17, 15) is 9.59 Å². The van der Waals surface area contributed by atoms with Gasteiger partial charge in [-0.3, -0.25) is 4.79 Å². The second-order valence-electron chi connectivity index (χ2n) is 7.73. The third-order valence-electron chi connectivity index (χ3n) is 5.41. The zero-order valence-electron chi connectivity index (χ0n) is 19.1. The summed E-state index contributed by atoms with van der Waals surface area (Å²) in [4.78, 5) is 30.8. The van der Waals surface area contributed by atoms with Gasteiger partial charge in [-0.1, -0.05) is 66.7 Å². The smallest absolute Gasteiger partial charge is 0.407 e. The summed E-state index contributed by atoms with van der Waals surface area (Å²) in [5.74, 6) is -0.389. The molecule has 4 rings (SSSR count). The van der Waals surface area contributed by atoms with Gasteiger partial charge in [0, 0.05) is 18.7 Å². The Labute approximate surface area is 199 Å². The van der Waals surface area contributed by atoms with Crippen LogP contribution in [-0.2, 0) is 22.6 Å². The largest absolute Gasteiger partial charge is 0.463 e. The number of amides is 2. The molecule has 174 valence electrons. The molecule has 0 bridgehead atoms. The summed E-state index contributed by atoms with van der Waals surface area (Å²) in [6.45, 7) is 3.44. The molecule has 3 aromatic rings. The number of nitrogens with one attached hydrogen (secondary N) is 1. The Morgan fingerprint density at radius 1 is 0.853 bits per heavy atom. The fourth-order valence-electron chi connectivity index (χ4n) is 3.85. The average molecular weight is 458 g/mol. The van der Waals surface area contributed by atoms with Crippen LogP contribution in [0.1, 0.15) is 28.4 Å². The molecule has 34 heavy (non-hydrogen) atoms. The lowest BCUT2D eigenvalue weighted by atomic mass is 9.97. The van der Waals surface area contributed by atoms with Crippen LogP contribution in [0, 0.1) is 0 Å². The fraction of sp³-hybridized carbons (Fsp3) is 0.222. The summed E-state index contributed by atoms with van der Waals surface area (Å²) in [5, 5.41) is 2.63. The van der Waals surface area contributed by atoms with E-state index in [0.29, 0.717) is 18.7 Å². The number of carbonyl (C=O) groups excluding carboxylic acids is 2. The van der Waals surface area contributed by atoms with Gasteiger partial charge >= 0.3 is 6.09 Å². The number of amidine groups is 1. The van der Waals surface area contributed by atoms with Gasteiger partial charge in [-0.15, -0.1) is 0 Å². The number of nitrogens with zero attached hydrogens (tertiary/aromatic N) is 2. The first-order chi connectivity index (χ1) is 16.7. The number of carbonyl (C=O) groups is 2. The van der Waals surface area contributed by atoms with Crippen LogP contribution in [-0.4, -0.2) is 42.7 Å². The van der Waals surface area contributed by atoms with Crippen LogP contribution in [0.15, 0.2) is 83.9 Å². The van der Waals surface area contributed by atoms with E-state index in [1.165, 1.54) is 0 Å². The normalized spacial score (nSPS) is 12.7. The summed E-state index contributed by atoms with van der Waals surface area (Å²) in [7, 11) is 0. The number of benzene rings is 3. The van der Waals surface area contributed by atoms with Crippen LogP contribution < -0.4 is 5.32 Å². The van der Waals surface area contributed by atoms with Crippen LogP contribution in [0.4, 0.5) is 4.79 Å². The van der Waals surface area contributed by atoms with Gasteiger partial charge in [-0.25, -0.2) is 4.79 Å². The number of aliphatic imine (C=N–C) groups is 1. The summed E-state index contributed by atoms with van der Waals surface area (Å²) in [6.07, 6.45) is -0.512. The maximum atomic E-state index is 12.9. The van der Waals surface area contributed by atoms with Crippen LogP contribution in [0.3, 0.4) is 0 Å². The lowest BCUT2D eigenvalue weighted by Crippen LogP contribution is -2.35. The van der Waals surface area contributed by atoms with Crippen molar-refractivity contribution in [3.05, 3.63) is 95.6 Å². The van der Waals surface area contributed by atoms with Gasteiger partial charge in [0.05, 0.1) is 13.2 Å². The van der Waals surface area contributed by atoms with Crippen LogP contribution in [0.2, 0.25) is 0 Å². The van der Waals surface area contributed by atoms with Gasteiger partial charge in [0.2, 0.25) is 0 Å². The Kier molecular flexibility index (Phi) is 7.55. The highest BCUT2D eigenvalue weighted by Crippen LogP contribution is 2.32. The van der Waals surface area contributed by atoms with E-state index in [1.54, 1.807) is 31.2 Å². The van der Waals surface area contributed by atoms with Crippen LogP contribution >= 0.6 is 0 Å². The zero-order chi connectivity index (χ0) is 23.8. The molecule has 0 saturated heterocycles. The minimum Gasteiger partial charge on any atom is -0.463 e. The first kappa shape index (κ1) is 23.0. The quantitative estimate of drug-likeness (QED) is 0.343. The molecule has 0 fully saturated rings. The SMILES string of the molecule is CCOC(=O)NCCOC(=NC(=O)c1ccccc1)N1Cc2ccccc2-c2ccccc2C1. The Hall–Kier alpha value is -4.13. The summed E-state index contributed by atoms with van der Waals surface area (Å²) in [6, 6.07) is 25.5. The number of hydrogen-bond acceptors (Lipinski definition) is 4. The van der Waals surface area contributed by atoms with Crippen molar-refractivity contribution in [3.63, 3.8) is 0 Å². The number of hydrogen-bond donors (Lipinski definition) is 1. The van der Waals surface area contributed by atoms with Gasteiger partial charge in [-0.2, -0.15) is 4.99 Å². The van der Waals surface area contributed by atoms with Gasteiger partial charge in [0.15, 0.2) is 0 Å². The van der Waals surface area contributed by atoms with Crippen molar-refractivity contribution in [2.75, 3.05) is 19.8 Å². The molecule has 0 aliphatic carbocycles. The van der Waals surface area contributed by atoms with Crippen LogP contribution in [0.25, 0.3) is 11.1 Å². The molecule has 7 heteroatoms. The third kappa shape index (κ3) is 5.61. The summed E-state index contributed by atoms with van der Waals surface area (Å²) in [5.41, 5.74) is 5.00. The van der Waals surface area contributed by atoms with Crippen molar-refractivity contribution < 1.29 is 19.1 Å². The monoisotopic (exact) mass is 457 g/mol. The Balaban J connectivity index is 1.62. The topological polar surface area (TPSA) is 80.2 Å². The number of ether oxygens (including phenoxy) is 2. The highest BCUT2D eigenvalue weighted by molar-refractivity contribution is 6.01. The van der Waals surface area contributed by atoms with E-state index in [2.05, 4.69) is 34.6 Å². The van der Waals surface area contributed by atoms with Crippen LogP contribution in [0.5, 0.6) is 0 Å². The third-order valence-corrected chi connectivity index (χ3v) is 5.41. The van der Waals surface area contributed by atoms with Gasteiger partial charge in [0.1, 0.15) is 6.61 Å². The lowest BCUT2D eigenvalue weighted by Gasteiger charge is -2.24. The molecule has 0 saturated carbocycles. The molecule has 1 aliphatic rings. The maximum Gasteiger partial charge on any atom is 0.407 e. The predicted octanol–water partition coefficient (Wildman–Crippen LogP) is 4.63. The first-order valence-electron chi connectivity index (χ1n) is 11.3. The van der Waals surface area contributed by atoms with Gasteiger partial charge < -0.3 is 19.7 Å². The summed E-state index contributed by atoms with van der Waals surface area (Å²) < 4.78 is 10.9. The molecule has 1 aliphatic heterocycles. The molecule has 2 amide bonds. The standard InChI is InChI=1S/C27H27N3O4/c1-2-33-27(32)28-16-17-34-26(29-25(31)20-10-4-3-5-11-20)30-18-21-12-6-8-14-23(21)24-15-9-7-13-22(24)19-30/h3-15H,2,16-19H2,1H3,(H,28,32). The number of alkyl carbamates (subject to hydrolysis) is 1. The number of rotatable bonds is 5. The molecule has 0 atom stereocenters. The van der Waals surface area contributed by atoms with E-state index < -0.39 is 6.09 Å². The fourth-order valence-corrected chi connectivity index (χ4v) is 3.85. The maximum absolute atomic E-state index is 12.9. The van der Waals surface area contributed by atoms with E-state index in [-0.39, 0.29) is 31.7 Å². The number of fused-ring (bicyclic) bond motifs is 3. The second kappa shape index (κ2) is 11.1. The zero-order valence-corrected chi connectivity index (χ0v) is 19.1. The van der Waals surface area contributed by atoms with E-state index in [1.807, 2.05) is 35.2 Å². The molecule has 0 spiro atoms. The minimum atomic E-state index is -0.512. The van der Waals surface area contributed by atoms with Crippen molar-refractivity contribution in [1.29, 1.82) is 0 Å². The molecule has 3 aromatic carbocycles. The molecule has 1 N–H and O–H groups in total. The van der Waals surface area contributed by atoms with Gasteiger partial charge in [0.25, 0.3) is 11.9 Å². The van der Waals surface area contributed by atoms with Crippen molar-refractivity contribution in [2.24, 2.45) is 4.99 Å². The molecular formula is C27H27N3O4. The highest BCUT2D eigenvalue weighted by atomic mass is 16.5. The van der Waals surface area contributed by atoms with Crippen molar-refractivity contribution in [3.8, 4) is 11.1 Å². The first-order valence-corrected chi connectivity index (χ1v) is 11.3. The summed E-state index contributed by atoms with van der Waals surface area (Å²) >= 11 is 0. The lowest BCUT2D eigenvalue weighted by molar-refractivity contribution is 0.0991. The highest BCUT2D eigenvalue weighted by Gasteiger charge is 2.23. The molecule has 0 unspecified atom stereocenters. The van der Waals surface area contributed by atoms with Crippen molar-refractivity contribution in [1.82, 2.24) is 10.2 Å². The Morgan fingerprint density at radius 3 is 2.06 bits per heavy atom. The van der Waals surface area contributed by atoms with Gasteiger partial charge in [-0.05, 0) is 41.3 Å². The molecular weight excluding hydrogens is 430 g/mol. The van der Waals surface area contributed by atoms with Crippen molar-refractivity contribution >= 4 is 18.0 Å². The van der Waals surface area contributed by atoms with Crippen molar-refractivity contribution in [2.45, 2.75) is 20.0 Å². The Bertz CT molecular complexity index is 1130. The van der Waals surface area contributed by atoms with E-state index >= 15 is 0 Å². The van der Waals surface area contributed by atoms with E-state index in [0.717, 1.165) is 22.3 Å². The minimum absolute atomic E-state index is 0.138. The average Bonchev–Trinajstić information content (AvgIpc) is 3.03.